The molecule has 0 aromatic heterocycles. The second-order valence-electron chi connectivity index (χ2n) is 6.59. The van der Waals surface area contributed by atoms with Crippen LogP contribution in [0.25, 0.3) is 6.08 Å². The lowest BCUT2D eigenvalue weighted by molar-refractivity contribution is 0.104. The molecule has 0 bridgehead atoms. The largest absolute Gasteiger partial charge is 0.497 e. The van der Waals surface area contributed by atoms with Crippen LogP contribution in [0.15, 0.2) is 66.7 Å². The predicted molar refractivity (Wildman–Crippen MR) is 125 cm³/mol. The van der Waals surface area contributed by atoms with Crippen LogP contribution in [0.4, 0.5) is 0 Å². The van der Waals surface area contributed by atoms with Gasteiger partial charge in [-0.05, 0) is 67.1 Å². The van der Waals surface area contributed by atoms with Crippen LogP contribution in [0.5, 0.6) is 17.2 Å². The number of ether oxygens (including phenoxy) is 3. The van der Waals surface area contributed by atoms with Gasteiger partial charge in [-0.3, -0.25) is 4.79 Å². The van der Waals surface area contributed by atoms with Crippen LogP contribution in [0.2, 0.25) is 10.0 Å². The SMILES string of the molecule is CCOc1cc(/C=C/C(=O)c2ccc(OC)cc2)ccc1OCc1ccc(Cl)cc1Cl. The first-order chi connectivity index (χ1) is 15.0. The molecule has 0 aliphatic heterocycles. The summed E-state index contributed by atoms with van der Waals surface area (Å²) in [6.07, 6.45) is 3.27. The molecule has 3 aromatic carbocycles. The minimum Gasteiger partial charge on any atom is -0.497 e. The van der Waals surface area contributed by atoms with Crippen LogP contribution < -0.4 is 14.2 Å². The minimum absolute atomic E-state index is 0.0988. The third kappa shape index (κ3) is 6.27. The van der Waals surface area contributed by atoms with Gasteiger partial charge in [0.05, 0.1) is 13.7 Å². The Hall–Kier alpha value is -2.95. The smallest absolute Gasteiger partial charge is 0.185 e. The molecule has 0 heterocycles. The second kappa shape index (κ2) is 10.9. The van der Waals surface area contributed by atoms with Gasteiger partial charge >= 0.3 is 0 Å². The van der Waals surface area contributed by atoms with Crippen LogP contribution in [-0.2, 0) is 6.61 Å². The van der Waals surface area contributed by atoms with Crippen molar-refractivity contribution in [3.8, 4) is 17.2 Å². The van der Waals surface area contributed by atoms with Crippen molar-refractivity contribution in [3.05, 3.63) is 93.5 Å². The molecule has 0 saturated carbocycles. The van der Waals surface area contributed by atoms with Crippen molar-refractivity contribution in [1.82, 2.24) is 0 Å². The lowest BCUT2D eigenvalue weighted by Gasteiger charge is -2.13. The summed E-state index contributed by atoms with van der Waals surface area (Å²) in [5, 5.41) is 1.12. The van der Waals surface area contributed by atoms with Crippen molar-refractivity contribution in [1.29, 1.82) is 0 Å². The van der Waals surface area contributed by atoms with Gasteiger partial charge < -0.3 is 14.2 Å². The maximum Gasteiger partial charge on any atom is 0.185 e. The molecule has 0 radical (unpaired) electrons. The molecule has 0 spiro atoms. The standard InChI is InChI=1S/C25H22Cl2O4/c1-3-30-25-14-17(4-12-23(28)18-7-10-21(29-2)11-8-18)5-13-24(25)31-16-19-6-9-20(26)15-22(19)27/h4-15H,3,16H2,1-2H3/b12-4+. The molecule has 4 nitrogen and oxygen atoms in total. The van der Waals surface area contributed by atoms with Gasteiger partial charge in [0.15, 0.2) is 17.3 Å². The van der Waals surface area contributed by atoms with Gasteiger partial charge in [0.2, 0.25) is 0 Å². The van der Waals surface area contributed by atoms with E-state index in [-0.39, 0.29) is 12.4 Å². The average Bonchev–Trinajstić information content (AvgIpc) is 2.78. The summed E-state index contributed by atoms with van der Waals surface area (Å²) in [5.41, 5.74) is 2.23. The van der Waals surface area contributed by atoms with E-state index in [1.54, 1.807) is 49.6 Å². The van der Waals surface area contributed by atoms with Crippen molar-refractivity contribution >= 4 is 35.1 Å². The van der Waals surface area contributed by atoms with Crippen molar-refractivity contribution in [3.63, 3.8) is 0 Å². The third-order valence-corrected chi connectivity index (χ3v) is 5.05. The van der Waals surface area contributed by atoms with Gasteiger partial charge in [-0.1, -0.05) is 41.4 Å². The van der Waals surface area contributed by atoms with Crippen LogP contribution in [0.1, 0.15) is 28.4 Å². The number of benzene rings is 3. The van der Waals surface area contributed by atoms with E-state index in [0.717, 1.165) is 11.1 Å². The van der Waals surface area contributed by atoms with Gasteiger partial charge in [-0.25, -0.2) is 0 Å². The number of hydrogen-bond acceptors (Lipinski definition) is 4. The molecule has 0 N–H and O–H groups in total. The highest BCUT2D eigenvalue weighted by molar-refractivity contribution is 6.35. The van der Waals surface area contributed by atoms with Crippen molar-refractivity contribution in [2.75, 3.05) is 13.7 Å². The van der Waals surface area contributed by atoms with Crippen LogP contribution >= 0.6 is 23.2 Å². The average molecular weight is 457 g/mol. The molecule has 0 aliphatic carbocycles. The van der Waals surface area contributed by atoms with E-state index in [1.165, 1.54) is 6.08 Å². The molecular weight excluding hydrogens is 435 g/mol. The Labute approximate surface area is 192 Å². The van der Waals surface area contributed by atoms with Gasteiger partial charge in [0.1, 0.15) is 12.4 Å². The van der Waals surface area contributed by atoms with Crippen LogP contribution in [-0.4, -0.2) is 19.5 Å². The molecule has 6 heteroatoms. The highest BCUT2D eigenvalue weighted by Gasteiger charge is 2.09. The Morgan fingerprint density at radius 1 is 0.935 bits per heavy atom. The van der Waals surface area contributed by atoms with Gasteiger partial charge in [-0.2, -0.15) is 0 Å². The maximum absolute atomic E-state index is 12.4. The summed E-state index contributed by atoms with van der Waals surface area (Å²) in [6, 6.07) is 17.8. The Morgan fingerprint density at radius 2 is 1.71 bits per heavy atom. The van der Waals surface area contributed by atoms with E-state index in [2.05, 4.69) is 0 Å². The first-order valence-electron chi connectivity index (χ1n) is 9.70. The number of halogens is 2. The van der Waals surface area contributed by atoms with E-state index in [1.807, 2.05) is 31.2 Å². The lowest BCUT2D eigenvalue weighted by Crippen LogP contribution is -2.00. The summed E-state index contributed by atoms with van der Waals surface area (Å²) >= 11 is 12.2. The summed E-state index contributed by atoms with van der Waals surface area (Å²) in [6.45, 7) is 2.66. The monoisotopic (exact) mass is 456 g/mol. The molecule has 0 aliphatic rings. The van der Waals surface area contributed by atoms with Crippen molar-refractivity contribution < 1.29 is 19.0 Å². The van der Waals surface area contributed by atoms with Crippen molar-refractivity contribution in [2.45, 2.75) is 13.5 Å². The summed E-state index contributed by atoms with van der Waals surface area (Å²) in [4.78, 5) is 12.4. The first-order valence-corrected chi connectivity index (χ1v) is 10.5. The fourth-order valence-corrected chi connectivity index (χ4v) is 3.30. The fraction of sp³-hybridized carbons (Fsp3) is 0.160. The zero-order chi connectivity index (χ0) is 22.2. The predicted octanol–water partition coefficient (Wildman–Crippen LogP) is 6.88. The zero-order valence-corrected chi connectivity index (χ0v) is 18.7. The Morgan fingerprint density at radius 3 is 2.39 bits per heavy atom. The summed E-state index contributed by atoms with van der Waals surface area (Å²) in [5.74, 6) is 1.79. The van der Waals surface area contributed by atoms with Gasteiger partial charge in [0.25, 0.3) is 0 Å². The fourth-order valence-electron chi connectivity index (χ4n) is 2.83. The number of allylic oxidation sites excluding steroid dienone is 1. The normalized spacial score (nSPS) is 10.8. The Balaban J connectivity index is 1.72. The third-order valence-electron chi connectivity index (χ3n) is 4.47. The zero-order valence-electron chi connectivity index (χ0n) is 17.2. The number of rotatable bonds is 9. The second-order valence-corrected chi connectivity index (χ2v) is 7.43. The number of carbonyl (C=O) groups is 1. The quantitative estimate of drug-likeness (QED) is 0.260. The van der Waals surface area contributed by atoms with E-state index in [4.69, 9.17) is 37.4 Å². The van der Waals surface area contributed by atoms with Crippen LogP contribution in [0.3, 0.4) is 0 Å². The molecule has 3 rings (SSSR count). The molecule has 0 atom stereocenters. The minimum atomic E-state index is -0.0988. The Kier molecular flexibility index (Phi) is 7.99. The summed E-state index contributed by atoms with van der Waals surface area (Å²) in [7, 11) is 1.59. The molecule has 0 unspecified atom stereocenters. The first kappa shape index (κ1) is 22.7. The molecular formula is C25H22Cl2O4. The van der Waals surface area contributed by atoms with Crippen molar-refractivity contribution in [2.24, 2.45) is 0 Å². The highest BCUT2D eigenvalue weighted by atomic mass is 35.5. The number of methoxy groups -OCH3 is 1. The number of hydrogen-bond donors (Lipinski definition) is 0. The number of ketones is 1. The highest BCUT2D eigenvalue weighted by Crippen LogP contribution is 2.31. The molecule has 3 aromatic rings. The number of carbonyl (C=O) groups excluding carboxylic acids is 1. The lowest BCUT2D eigenvalue weighted by atomic mass is 10.1. The summed E-state index contributed by atoms with van der Waals surface area (Å²) < 4.78 is 16.8. The molecule has 0 fully saturated rings. The maximum atomic E-state index is 12.4. The Bertz CT molecular complexity index is 1080. The van der Waals surface area contributed by atoms with E-state index in [9.17, 15) is 4.79 Å². The van der Waals surface area contributed by atoms with E-state index >= 15 is 0 Å². The topological polar surface area (TPSA) is 44.8 Å². The van der Waals surface area contributed by atoms with E-state index < -0.39 is 0 Å². The van der Waals surface area contributed by atoms with Gasteiger partial charge in [-0.15, -0.1) is 0 Å². The van der Waals surface area contributed by atoms with E-state index in [0.29, 0.717) is 39.5 Å². The van der Waals surface area contributed by atoms with Gasteiger partial charge in [0, 0.05) is 21.2 Å². The molecule has 31 heavy (non-hydrogen) atoms. The molecule has 0 saturated heterocycles. The van der Waals surface area contributed by atoms with Crippen LogP contribution in [0, 0.1) is 0 Å². The molecule has 0 amide bonds. The molecule has 160 valence electrons.